The topological polar surface area (TPSA) is 46.2 Å². The Balaban J connectivity index is 0.00000480. The molecule has 1 radical (unpaired) electrons. The van der Waals surface area contributed by atoms with Gasteiger partial charge in [-0.3, -0.25) is 4.72 Å². The third-order valence-corrected chi connectivity index (χ3v) is 6.63. The van der Waals surface area contributed by atoms with E-state index in [0.29, 0.717) is 12.3 Å². The molecular formula is C24H32F2NO2STi. The molecule has 0 saturated heterocycles. The van der Waals surface area contributed by atoms with Gasteiger partial charge < -0.3 is 0 Å². The molecule has 0 spiro atoms. The maximum atomic E-state index is 13.7. The molecule has 0 aliphatic rings. The molecule has 31 heavy (non-hydrogen) atoms. The van der Waals surface area contributed by atoms with Crippen molar-refractivity contribution in [1.29, 1.82) is 0 Å². The third-order valence-electron chi connectivity index (χ3n) is 5.27. The molecule has 2 aromatic rings. The summed E-state index contributed by atoms with van der Waals surface area (Å²) in [6, 6.07) is 14.1. The number of hydrogen-bond donors (Lipinski definition) is 1. The molecule has 0 saturated carbocycles. The monoisotopic (exact) mass is 484 g/mol. The van der Waals surface area contributed by atoms with Crippen molar-refractivity contribution in [2.24, 2.45) is 0 Å². The summed E-state index contributed by atoms with van der Waals surface area (Å²) in [6.07, 6.45) is 9.60. The number of sulfonamides is 1. The SMILES string of the molecule is CCCCCCCCC(CCCS(=O)(=O)Nc1ccc(F)[c]c1F)c1ccccc1.[Ti]. The molecule has 3 nitrogen and oxygen atoms in total. The predicted molar refractivity (Wildman–Crippen MR) is 119 cm³/mol. The second-order valence-corrected chi connectivity index (χ2v) is 9.60. The van der Waals surface area contributed by atoms with E-state index in [1.165, 1.54) is 37.7 Å². The van der Waals surface area contributed by atoms with Gasteiger partial charge in [-0.15, -0.1) is 0 Å². The van der Waals surface area contributed by atoms with E-state index in [2.05, 4.69) is 23.8 Å². The van der Waals surface area contributed by atoms with E-state index in [1.54, 1.807) is 0 Å². The van der Waals surface area contributed by atoms with E-state index in [9.17, 15) is 17.2 Å². The quantitative estimate of drug-likeness (QED) is 0.236. The Morgan fingerprint density at radius 3 is 2.23 bits per heavy atom. The van der Waals surface area contributed by atoms with Gasteiger partial charge in [0.2, 0.25) is 10.0 Å². The van der Waals surface area contributed by atoms with E-state index in [1.807, 2.05) is 24.3 Å². The van der Waals surface area contributed by atoms with E-state index < -0.39 is 21.7 Å². The molecule has 7 heteroatoms. The zero-order chi connectivity index (χ0) is 21.8. The fourth-order valence-electron chi connectivity index (χ4n) is 3.63. The van der Waals surface area contributed by atoms with E-state index in [-0.39, 0.29) is 33.2 Å². The molecule has 0 aliphatic heterocycles. The van der Waals surface area contributed by atoms with Crippen LogP contribution in [0, 0.1) is 17.7 Å². The molecule has 1 atom stereocenters. The second kappa shape index (κ2) is 14.8. The number of anilines is 1. The summed E-state index contributed by atoms with van der Waals surface area (Å²) < 4.78 is 53.5. The van der Waals surface area contributed by atoms with Crippen LogP contribution in [0.25, 0.3) is 0 Å². The van der Waals surface area contributed by atoms with Crippen LogP contribution < -0.4 is 4.72 Å². The summed E-state index contributed by atoms with van der Waals surface area (Å²) in [4.78, 5) is 0. The number of nitrogens with one attached hydrogen (secondary N) is 1. The van der Waals surface area contributed by atoms with Crippen LogP contribution in [-0.4, -0.2) is 14.2 Å². The average Bonchev–Trinajstić information content (AvgIpc) is 2.72. The Hall–Kier alpha value is -1.24. The smallest absolute Gasteiger partial charge is 0.232 e. The van der Waals surface area contributed by atoms with Gasteiger partial charge in [-0.05, 0) is 42.9 Å². The molecule has 2 aromatic carbocycles. The normalized spacial score (nSPS) is 12.2. The van der Waals surface area contributed by atoms with Gasteiger partial charge in [0.05, 0.1) is 17.5 Å². The van der Waals surface area contributed by atoms with Gasteiger partial charge >= 0.3 is 0 Å². The Labute approximate surface area is 201 Å². The number of benzene rings is 2. The number of unbranched alkanes of at least 4 members (excludes halogenated alkanes) is 5. The van der Waals surface area contributed by atoms with Crippen molar-refractivity contribution in [3.05, 3.63) is 65.7 Å². The largest absolute Gasteiger partial charge is 0.281 e. The van der Waals surface area contributed by atoms with Crippen LogP contribution in [0.4, 0.5) is 14.5 Å². The van der Waals surface area contributed by atoms with Gasteiger partial charge in [0.15, 0.2) is 5.82 Å². The van der Waals surface area contributed by atoms with Crippen molar-refractivity contribution in [1.82, 2.24) is 0 Å². The first kappa shape index (κ1) is 27.8. The molecule has 0 heterocycles. The van der Waals surface area contributed by atoms with Crippen LogP contribution in [-0.2, 0) is 31.7 Å². The van der Waals surface area contributed by atoms with E-state index in [4.69, 9.17) is 0 Å². The van der Waals surface area contributed by atoms with Crippen LogP contribution in [0.5, 0.6) is 0 Å². The molecule has 1 N–H and O–H groups in total. The molecule has 2 rings (SSSR count). The van der Waals surface area contributed by atoms with Crippen molar-refractivity contribution in [3.63, 3.8) is 0 Å². The van der Waals surface area contributed by atoms with Gasteiger partial charge in [0.25, 0.3) is 0 Å². The Kier molecular flexibility index (Phi) is 13.2. The summed E-state index contributed by atoms with van der Waals surface area (Å²) in [6.45, 7) is 2.21. The van der Waals surface area contributed by atoms with Crippen molar-refractivity contribution in [3.8, 4) is 0 Å². The van der Waals surface area contributed by atoms with Crippen molar-refractivity contribution < 1.29 is 38.9 Å². The maximum Gasteiger partial charge on any atom is 0.232 e. The number of halogens is 2. The third kappa shape index (κ3) is 10.8. The summed E-state index contributed by atoms with van der Waals surface area (Å²) in [5, 5.41) is 0. The molecule has 0 bridgehead atoms. The fourth-order valence-corrected chi connectivity index (χ4v) is 4.78. The molecular weight excluding hydrogens is 452 g/mol. The Morgan fingerprint density at radius 2 is 1.55 bits per heavy atom. The van der Waals surface area contributed by atoms with Gasteiger partial charge in [-0.1, -0.05) is 75.8 Å². The van der Waals surface area contributed by atoms with Gasteiger partial charge in [-0.2, -0.15) is 0 Å². The van der Waals surface area contributed by atoms with Crippen LogP contribution in [0.3, 0.4) is 0 Å². The van der Waals surface area contributed by atoms with Crippen molar-refractivity contribution in [2.45, 2.75) is 70.6 Å². The Bertz CT molecular complexity index is 863. The minimum absolute atomic E-state index is 0. The Morgan fingerprint density at radius 1 is 0.903 bits per heavy atom. The first-order chi connectivity index (χ1) is 14.4. The van der Waals surface area contributed by atoms with Gasteiger partial charge in [-0.25, -0.2) is 17.2 Å². The number of rotatable bonds is 14. The molecule has 0 amide bonds. The van der Waals surface area contributed by atoms with Crippen LogP contribution >= 0.6 is 0 Å². The summed E-state index contributed by atoms with van der Waals surface area (Å²) >= 11 is 0. The maximum absolute atomic E-state index is 13.7. The molecule has 1 unspecified atom stereocenters. The fraction of sp³-hybridized carbons (Fsp3) is 0.500. The summed E-state index contributed by atoms with van der Waals surface area (Å²) in [5.41, 5.74) is 0.957. The first-order valence-corrected chi connectivity index (χ1v) is 12.5. The van der Waals surface area contributed by atoms with Crippen LogP contribution in [0.15, 0.2) is 42.5 Å². The average molecular weight is 484 g/mol. The minimum atomic E-state index is -3.72. The summed E-state index contributed by atoms with van der Waals surface area (Å²) in [5.74, 6) is -1.70. The summed E-state index contributed by atoms with van der Waals surface area (Å²) in [7, 11) is -3.72. The van der Waals surface area contributed by atoms with E-state index >= 15 is 0 Å². The van der Waals surface area contributed by atoms with Crippen molar-refractivity contribution >= 4 is 15.7 Å². The zero-order valence-electron chi connectivity index (χ0n) is 18.2. The first-order valence-electron chi connectivity index (χ1n) is 10.8. The van der Waals surface area contributed by atoms with Crippen LogP contribution in [0.1, 0.15) is 76.2 Å². The molecule has 0 fully saturated rings. The molecule has 0 aliphatic carbocycles. The zero-order valence-corrected chi connectivity index (χ0v) is 20.5. The standard InChI is InChI=1S/C24H32F2NO2S.Ti/c1-2-3-4-5-6-8-12-21(20-13-9-7-10-14-20)15-11-18-30(28,29)27-24-17-16-22(25)19-23(24)26;/h7,9-10,13-14,16-17,21,27H,2-6,8,11-12,15,18H2,1H3;. The number of hydrogen-bond acceptors (Lipinski definition) is 2. The second-order valence-electron chi connectivity index (χ2n) is 7.76. The van der Waals surface area contributed by atoms with Gasteiger partial charge in [0, 0.05) is 21.7 Å². The minimum Gasteiger partial charge on any atom is -0.281 e. The van der Waals surface area contributed by atoms with Gasteiger partial charge in [0.1, 0.15) is 5.82 Å². The van der Waals surface area contributed by atoms with E-state index in [0.717, 1.165) is 31.4 Å². The van der Waals surface area contributed by atoms with Crippen LogP contribution in [0.2, 0.25) is 0 Å². The molecule has 0 aromatic heterocycles. The predicted octanol–water partition coefficient (Wildman–Crippen LogP) is 6.82. The molecule has 169 valence electrons. The van der Waals surface area contributed by atoms with Crippen molar-refractivity contribution in [2.75, 3.05) is 10.5 Å².